The summed E-state index contributed by atoms with van der Waals surface area (Å²) in [6.45, 7) is 2.36. The summed E-state index contributed by atoms with van der Waals surface area (Å²) in [4.78, 5) is 0. The third-order valence-electron chi connectivity index (χ3n) is 6.31. The van der Waals surface area contributed by atoms with E-state index in [4.69, 9.17) is 4.74 Å². The maximum absolute atomic E-state index is 6.37. The van der Waals surface area contributed by atoms with E-state index in [1.807, 2.05) is 0 Å². The first-order chi connectivity index (χ1) is 13.8. The summed E-state index contributed by atoms with van der Waals surface area (Å²) < 4.78 is 8.80. The third-order valence-corrected chi connectivity index (χ3v) is 6.31. The molecule has 0 unspecified atom stereocenters. The van der Waals surface area contributed by atoms with Gasteiger partial charge in [-0.25, -0.2) is 0 Å². The molecule has 130 valence electrons. The van der Waals surface area contributed by atoms with Gasteiger partial charge in [0.05, 0.1) is 5.52 Å². The minimum absolute atomic E-state index is 0.204. The highest BCUT2D eigenvalue weighted by atomic mass is 16.5. The van der Waals surface area contributed by atoms with Crippen LogP contribution < -0.4 is 21.1 Å². The number of rotatable bonds is 0. The summed E-state index contributed by atoms with van der Waals surface area (Å²) >= 11 is 0. The first-order valence-corrected chi connectivity index (χ1v) is 9.75. The van der Waals surface area contributed by atoms with Gasteiger partial charge in [-0.1, -0.05) is 60.2 Å². The zero-order valence-corrected chi connectivity index (χ0v) is 15.4. The van der Waals surface area contributed by atoms with Crippen molar-refractivity contribution in [1.29, 1.82) is 0 Å². The number of para-hydroxylation sites is 2. The number of ether oxygens (including phenoxy) is 1. The van der Waals surface area contributed by atoms with Gasteiger partial charge in [0, 0.05) is 22.0 Å². The Labute approximate surface area is 163 Å². The highest BCUT2D eigenvalue weighted by Crippen LogP contribution is 2.36. The molecule has 0 N–H and O–H groups in total. The van der Waals surface area contributed by atoms with Crippen molar-refractivity contribution < 1.29 is 4.74 Å². The molecule has 0 bridgehead atoms. The highest BCUT2D eigenvalue weighted by Gasteiger charge is 2.39. The van der Waals surface area contributed by atoms with Crippen LogP contribution >= 0.6 is 0 Å². The zero-order valence-electron chi connectivity index (χ0n) is 15.4. The average Bonchev–Trinajstić information content (AvgIpc) is 3.07. The van der Waals surface area contributed by atoms with E-state index in [0.29, 0.717) is 0 Å². The smallest absolute Gasteiger partial charge is 0.256 e. The lowest BCUT2D eigenvalue weighted by atomic mass is 9.34. The lowest BCUT2D eigenvalue weighted by Crippen LogP contribution is -2.58. The second-order valence-electron chi connectivity index (χ2n) is 7.86. The Bertz CT molecular complexity index is 1460. The average molecular weight is 357 g/mol. The van der Waals surface area contributed by atoms with Gasteiger partial charge in [-0.05, 0) is 47.6 Å². The Morgan fingerprint density at radius 1 is 0.750 bits per heavy atom. The lowest BCUT2D eigenvalue weighted by Gasteiger charge is -2.33. The molecule has 0 saturated heterocycles. The Morgan fingerprint density at radius 3 is 2.57 bits per heavy atom. The molecule has 0 fully saturated rings. The van der Waals surface area contributed by atoms with E-state index < -0.39 is 0 Å². The summed E-state index contributed by atoms with van der Waals surface area (Å²) in [7, 11) is 0. The second-order valence-corrected chi connectivity index (χ2v) is 7.86. The Balaban J connectivity index is 1.74. The number of aromatic nitrogens is 1. The van der Waals surface area contributed by atoms with Gasteiger partial charge in [0.15, 0.2) is 0 Å². The molecule has 0 radical (unpaired) electrons. The van der Waals surface area contributed by atoms with Crippen molar-refractivity contribution in [2.45, 2.75) is 6.92 Å². The van der Waals surface area contributed by atoms with Crippen LogP contribution in [0.4, 0.5) is 0 Å². The van der Waals surface area contributed by atoms with Crippen molar-refractivity contribution in [3.05, 3.63) is 84.4 Å². The fourth-order valence-corrected chi connectivity index (χ4v) is 5.22. The van der Waals surface area contributed by atoms with Crippen molar-refractivity contribution in [3.63, 3.8) is 0 Å². The van der Waals surface area contributed by atoms with Crippen LogP contribution in [-0.2, 0) is 0 Å². The first kappa shape index (κ1) is 14.6. The minimum Gasteiger partial charge on any atom is -0.458 e. The maximum atomic E-state index is 6.37. The van der Waals surface area contributed by atoms with E-state index in [1.165, 1.54) is 49.4 Å². The number of hydrogen-bond donors (Lipinski definition) is 0. The van der Waals surface area contributed by atoms with Crippen molar-refractivity contribution in [2.24, 2.45) is 0 Å². The van der Waals surface area contributed by atoms with Crippen molar-refractivity contribution >= 4 is 44.9 Å². The zero-order chi connectivity index (χ0) is 18.4. The molecule has 2 nitrogen and oxygen atoms in total. The van der Waals surface area contributed by atoms with Crippen LogP contribution in [-0.4, -0.2) is 11.3 Å². The molecule has 2 aliphatic rings. The van der Waals surface area contributed by atoms with Crippen LogP contribution in [0.25, 0.3) is 27.5 Å². The molecule has 0 aliphatic carbocycles. The summed E-state index contributed by atoms with van der Waals surface area (Å²) in [5.74, 6) is 1.95. The van der Waals surface area contributed by atoms with E-state index in [-0.39, 0.29) is 6.71 Å². The van der Waals surface area contributed by atoms with Gasteiger partial charge < -0.3 is 9.30 Å². The molecule has 3 heteroatoms. The summed E-state index contributed by atoms with van der Waals surface area (Å²) in [6.07, 6.45) is 0. The highest BCUT2D eigenvalue weighted by molar-refractivity contribution is 6.99. The minimum atomic E-state index is 0.204. The van der Waals surface area contributed by atoms with E-state index >= 15 is 0 Å². The Kier molecular flexibility index (Phi) is 2.54. The summed E-state index contributed by atoms with van der Waals surface area (Å²) in [6, 6.07) is 28.4. The maximum Gasteiger partial charge on any atom is 0.256 e. The van der Waals surface area contributed by atoms with E-state index in [0.717, 1.165) is 11.5 Å². The molecule has 28 heavy (non-hydrogen) atoms. The van der Waals surface area contributed by atoms with Crippen molar-refractivity contribution in [3.8, 4) is 17.2 Å². The summed E-state index contributed by atoms with van der Waals surface area (Å²) in [5, 5.41) is 2.63. The van der Waals surface area contributed by atoms with Gasteiger partial charge >= 0.3 is 0 Å². The molecule has 1 aromatic heterocycles. The van der Waals surface area contributed by atoms with Crippen LogP contribution in [0.3, 0.4) is 0 Å². The summed E-state index contributed by atoms with van der Waals surface area (Å²) in [5.41, 5.74) is 9.00. The number of hydrogen-bond acceptors (Lipinski definition) is 1. The first-order valence-electron chi connectivity index (χ1n) is 9.75. The Morgan fingerprint density at radius 2 is 1.61 bits per heavy atom. The van der Waals surface area contributed by atoms with Crippen molar-refractivity contribution in [1.82, 2.24) is 4.57 Å². The van der Waals surface area contributed by atoms with Gasteiger partial charge in [0.25, 0.3) is 6.71 Å². The van der Waals surface area contributed by atoms with Crippen molar-refractivity contribution in [2.75, 3.05) is 0 Å². The number of nitrogens with zero attached hydrogens (tertiary/aromatic N) is 1. The second kappa shape index (κ2) is 4.88. The van der Waals surface area contributed by atoms with Gasteiger partial charge in [-0.2, -0.15) is 0 Å². The molecule has 2 aliphatic heterocycles. The molecule has 0 amide bonds. The number of fused-ring (bicyclic) bond motifs is 7. The molecule has 3 heterocycles. The quantitative estimate of drug-likeness (QED) is 0.374. The molecule has 5 aromatic rings. The van der Waals surface area contributed by atoms with Crippen LogP contribution in [0.15, 0.2) is 78.9 Å². The molecule has 0 spiro atoms. The normalized spacial score (nSPS) is 13.4. The fourth-order valence-electron chi connectivity index (χ4n) is 5.22. The van der Waals surface area contributed by atoms with Crippen LogP contribution in [0, 0.1) is 6.92 Å². The van der Waals surface area contributed by atoms with Gasteiger partial charge in [0.1, 0.15) is 11.5 Å². The lowest BCUT2D eigenvalue weighted by molar-refractivity contribution is 0.487. The van der Waals surface area contributed by atoms with Crippen LogP contribution in [0.1, 0.15) is 5.56 Å². The third kappa shape index (κ3) is 1.61. The number of benzene rings is 4. The fraction of sp³-hybridized carbons (Fsp3) is 0.0400. The van der Waals surface area contributed by atoms with Crippen LogP contribution in [0.2, 0.25) is 0 Å². The monoisotopic (exact) mass is 357 g/mol. The van der Waals surface area contributed by atoms with E-state index in [2.05, 4.69) is 90.4 Å². The standard InChI is InChI=1S/C25H16BNO/c1-15-12-13-22-19(14-15)26-18-8-4-7-17-16-6-2-3-9-20(16)27(25(17)18)21-10-5-11-23(28-22)24(21)26/h2-14H,1H3. The van der Waals surface area contributed by atoms with Gasteiger partial charge in [-0.3, -0.25) is 0 Å². The van der Waals surface area contributed by atoms with Crippen LogP contribution in [0.5, 0.6) is 11.5 Å². The largest absolute Gasteiger partial charge is 0.458 e. The van der Waals surface area contributed by atoms with Gasteiger partial charge in [-0.15, -0.1) is 0 Å². The number of aryl methyl sites for hydroxylation is 1. The molecule has 4 aromatic carbocycles. The molecular formula is C25H16BNO. The van der Waals surface area contributed by atoms with E-state index in [9.17, 15) is 0 Å². The topological polar surface area (TPSA) is 14.2 Å². The SMILES string of the molecule is Cc1ccc2c(c1)B1c3c(cccc3-n3c4ccccc4c4cccc1c43)O2. The predicted molar refractivity (Wildman–Crippen MR) is 117 cm³/mol. The van der Waals surface area contributed by atoms with Gasteiger partial charge in [0.2, 0.25) is 0 Å². The predicted octanol–water partition coefficient (Wildman–Crippen LogP) is 4.03. The molecule has 0 saturated carbocycles. The van der Waals surface area contributed by atoms with E-state index in [1.54, 1.807) is 0 Å². The molecule has 7 rings (SSSR count). The molecule has 0 atom stereocenters. The molecular weight excluding hydrogens is 341 g/mol. The Hall–Kier alpha value is -3.46.